The van der Waals surface area contributed by atoms with E-state index in [1.165, 1.54) is 49.4 Å². The molecule has 0 unspecified atom stereocenters. The van der Waals surface area contributed by atoms with Gasteiger partial charge in [0, 0.05) is 38.3 Å². The Bertz CT molecular complexity index is 3770. The molecule has 0 radical (unpaired) electrons. The van der Waals surface area contributed by atoms with Crippen LogP contribution in [0.3, 0.4) is 0 Å². The second-order valence-corrected chi connectivity index (χ2v) is 17.9. The van der Waals surface area contributed by atoms with Crippen LogP contribution in [-0.4, -0.2) is 19.5 Å². The van der Waals surface area contributed by atoms with Gasteiger partial charge in [0.2, 0.25) is 5.95 Å². The zero-order valence-corrected chi connectivity index (χ0v) is 38.6. The van der Waals surface area contributed by atoms with E-state index >= 15 is 0 Å². The van der Waals surface area contributed by atoms with Gasteiger partial charge in [-0.05, 0) is 66.2 Å². The molecule has 0 atom stereocenters. The van der Waals surface area contributed by atoms with Crippen LogP contribution in [0.5, 0.6) is 0 Å². The van der Waals surface area contributed by atoms with Crippen molar-refractivity contribution in [3.05, 3.63) is 230 Å². The molecule has 13 rings (SSSR count). The SMILES string of the molecule is CC.CC1(C)c2ccccc2-c2c(-c3cccc4c5c6ccccc6c6ccccc6c5n(-c5nc(-c6ccc(-c7ccccc7)cc6)nc(-c6ccc(-c7ccccc7)cc6)n5)c34)cccc21. The molecular formula is C64H48N4. The highest BCUT2D eigenvalue weighted by molar-refractivity contribution is 6.33. The standard InChI is InChI=1S/C62H42N4.C2H6/c1-62(2)53-29-14-13-25-51(53)55-48(26-16-30-54(55)62)50-27-15-28-52-56-47-23-11-9-21-45(47)46-22-10-12-24-49(46)58(56)66(57(50)52)61-64-59(43-35-31-41(32-36-43)39-17-5-3-6-18-39)63-60(65-61)44-37-33-42(34-38-44)40-19-7-4-8-20-40;1-2/h3-38H,1-2H3;1-2H3. The fourth-order valence-corrected chi connectivity index (χ4v) is 10.7. The fourth-order valence-electron chi connectivity index (χ4n) is 10.7. The molecule has 68 heavy (non-hydrogen) atoms. The third kappa shape index (κ3) is 6.47. The van der Waals surface area contributed by atoms with Crippen LogP contribution >= 0.6 is 0 Å². The normalized spacial score (nSPS) is 12.5. The number of hydrogen-bond acceptors (Lipinski definition) is 3. The smallest absolute Gasteiger partial charge is 0.238 e. The van der Waals surface area contributed by atoms with Crippen molar-refractivity contribution in [1.82, 2.24) is 19.5 Å². The van der Waals surface area contributed by atoms with Gasteiger partial charge in [-0.15, -0.1) is 0 Å². The number of para-hydroxylation sites is 1. The molecule has 0 N–H and O–H groups in total. The van der Waals surface area contributed by atoms with Crippen LogP contribution in [0.1, 0.15) is 38.8 Å². The van der Waals surface area contributed by atoms with Crippen LogP contribution in [0.15, 0.2) is 218 Å². The molecule has 1 aliphatic rings. The predicted molar refractivity (Wildman–Crippen MR) is 285 cm³/mol. The largest absolute Gasteiger partial charge is 0.277 e. The molecule has 0 spiro atoms. The summed E-state index contributed by atoms with van der Waals surface area (Å²) in [6.07, 6.45) is 0. The average Bonchev–Trinajstić information content (AvgIpc) is 3.89. The molecule has 10 aromatic carbocycles. The molecule has 0 aliphatic heterocycles. The number of aromatic nitrogens is 4. The number of rotatable bonds is 6. The van der Waals surface area contributed by atoms with Crippen LogP contribution in [0.2, 0.25) is 0 Å². The molecule has 1 aliphatic carbocycles. The van der Waals surface area contributed by atoms with Crippen LogP contribution in [0.25, 0.3) is 117 Å². The third-order valence-corrected chi connectivity index (χ3v) is 13.9. The maximum atomic E-state index is 5.53. The number of fused-ring (bicyclic) bond motifs is 11. The summed E-state index contributed by atoms with van der Waals surface area (Å²) in [5.74, 6) is 1.78. The molecule has 4 nitrogen and oxygen atoms in total. The molecule has 0 saturated heterocycles. The zero-order chi connectivity index (χ0) is 45.9. The summed E-state index contributed by atoms with van der Waals surface area (Å²) in [6, 6.07) is 78.4. The van der Waals surface area contributed by atoms with Gasteiger partial charge in [0.05, 0.1) is 11.0 Å². The Hall–Kier alpha value is -8.47. The molecule has 0 bridgehead atoms. The number of nitrogens with zero attached hydrogens (tertiary/aromatic N) is 4. The first-order valence-electron chi connectivity index (χ1n) is 23.7. The third-order valence-electron chi connectivity index (χ3n) is 13.9. The molecule has 2 aromatic heterocycles. The molecule has 0 fully saturated rings. The zero-order valence-electron chi connectivity index (χ0n) is 38.6. The Kier molecular flexibility index (Phi) is 9.92. The van der Waals surface area contributed by atoms with E-state index in [1.807, 2.05) is 13.8 Å². The summed E-state index contributed by atoms with van der Waals surface area (Å²) in [5, 5.41) is 7.06. The maximum absolute atomic E-state index is 5.53. The van der Waals surface area contributed by atoms with E-state index in [2.05, 4.69) is 237 Å². The van der Waals surface area contributed by atoms with E-state index in [4.69, 9.17) is 15.0 Å². The van der Waals surface area contributed by atoms with Crippen molar-refractivity contribution in [2.24, 2.45) is 0 Å². The summed E-state index contributed by atoms with van der Waals surface area (Å²) < 4.78 is 2.35. The maximum Gasteiger partial charge on any atom is 0.238 e. The van der Waals surface area contributed by atoms with Crippen molar-refractivity contribution < 1.29 is 0 Å². The summed E-state index contributed by atoms with van der Waals surface area (Å²) in [5.41, 5.74) is 16.0. The van der Waals surface area contributed by atoms with Gasteiger partial charge in [0.15, 0.2) is 11.6 Å². The topological polar surface area (TPSA) is 43.6 Å². The monoisotopic (exact) mass is 872 g/mol. The molecule has 2 heterocycles. The lowest BCUT2D eigenvalue weighted by molar-refractivity contribution is 0.660. The van der Waals surface area contributed by atoms with Gasteiger partial charge in [-0.1, -0.05) is 246 Å². The minimum absolute atomic E-state index is 0.154. The van der Waals surface area contributed by atoms with Gasteiger partial charge in [-0.25, -0.2) is 4.98 Å². The van der Waals surface area contributed by atoms with E-state index in [0.29, 0.717) is 17.6 Å². The van der Waals surface area contributed by atoms with E-state index in [1.54, 1.807) is 0 Å². The van der Waals surface area contributed by atoms with Crippen molar-refractivity contribution in [3.8, 4) is 73.2 Å². The molecule has 0 saturated carbocycles. The Morgan fingerprint density at radius 1 is 0.324 bits per heavy atom. The number of hydrogen-bond donors (Lipinski definition) is 0. The van der Waals surface area contributed by atoms with E-state index in [0.717, 1.165) is 60.8 Å². The lowest BCUT2D eigenvalue weighted by Crippen LogP contribution is -2.14. The Morgan fingerprint density at radius 2 is 0.750 bits per heavy atom. The van der Waals surface area contributed by atoms with E-state index in [-0.39, 0.29) is 5.41 Å². The van der Waals surface area contributed by atoms with Crippen molar-refractivity contribution in [2.75, 3.05) is 0 Å². The van der Waals surface area contributed by atoms with Crippen molar-refractivity contribution in [2.45, 2.75) is 33.1 Å². The summed E-state index contributed by atoms with van der Waals surface area (Å²) >= 11 is 0. The average molecular weight is 873 g/mol. The first kappa shape index (κ1) is 41.0. The van der Waals surface area contributed by atoms with Gasteiger partial charge in [-0.3, -0.25) is 4.57 Å². The highest BCUT2D eigenvalue weighted by Crippen LogP contribution is 2.54. The highest BCUT2D eigenvalue weighted by Gasteiger charge is 2.37. The molecule has 4 heteroatoms. The van der Waals surface area contributed by atoms with Crippen LogP contribution < -0.4 is 0 Å². The Balaban J connectivity index is 0.00000237. The molecule has 12 aromatic rings. The summed E-state index contributed by atoms with van der Waals surface area (Å²) in [4.78, 5) is 16.4. The van der Waals surface area contributed by atoms with Crippen molar-refractivity contribution >= 4 is 43.4 Å². The van der Waals surface area contributed by atoms with E-state index < -0.39 is 0 Å². The highest BCUT2D eigenvalue weighted by atomic mass is 15.2. The lowest BCUT2D eigenvalue weighted by atomic mass is 9.82. The Morgan fingerprint density at radius 3 is 1.37 bits per heavy atom. The second kappa shape index (κ2) is 16.4. The first-order chi connectivity index (χ1) is 33.5. The van der Waals surface area contributed by atoms with Gasteiger partial charge in [0.1, 0.15) is 0 Å². The van der Waals surface area contributed by atoms with Crippen LogP contribution in [0, 0.1) is 0 Å². The van der Waals surface area contributed by atoms with Crippen LogP contribution in [0.4, 0.5) is 0 Å². The number of benzene rings is 10. The molecule has 0 amide bonds. The first-order valence-corrected chi connectivity index (χ1v) is 23.7. The quantitative estimate of drug-likeness (QED) is 0.156. The van der Waals surface area contributed by atoms with Gasteiger partial charge in [0.25, 0.3) is 0 Å². The Labute approximate surface area is 396 Å². The lowest BCUT2D eigenvalue weighted by Gasteiger charge is -2.21. The van der Waals surface area contributed by atoms with Gasteiger partial charge >= 0.3 is 0 Å². The minimum Gasteiger partial charge on any atom is -0.277 e. The predicted octanol–water partition coefficient (Wildman–Crippen LogP) is 16.9. The summed E-state index contributed by atoms with van der Waals surface area (Å²) in [6.45, 7) is 8.70. The minimum atomic E-state index is -0.154. The molecule has 324 valence electrons. The summed E-state index contributed by atoms with van der Waals surface area (Å²) in [7, 11) is 0. The van der Waals surface area contributed by atoms with Crippen molar-refractivity contribution in [1.29, 1.82) is 0 Å². The van der Waals surface area contributed by atoms with E-state index in [9.17, 15) is 0 Å². The fraction of sp³-hybridized carbons (Fsp3) is 0.0781. The van der Waals surface area contributed by atoms with Gasteiger partial charge < -0.3 is 0 Å². The van der Waals surface area contributed by atoms with Gasteiger partial charge in [-0.2, -0.15) is 9.97 Å². The van der Waals surface area contributed by atoms with Crippen molar-refractivity contribution in [3.63, 3.8) is 0 Å². The molecular weight excluding hydrogens is 825 g/mol. The van der Waals surface area contributed by atoms with Crippen LogP contribution in [-0.2, 0) is 5.41 Å². The second-order valence-electron chi connectivity index (χ2n) is 17.9.